The number of hydrogen-bond donors (Lipinski definition) is 0. The van der Waals surface area contributed by atoms with Crippen LogP contribution in [0.1, 0.15) is 25.8 Å². The Morgan fingerprint density at radius 3 is 2.78 bits per heavy atom. The van der Waals surface area contributed by atoms with Gasteiger partial charge in [-0.25, -0.2) is 4.79 Å². The lowest BCUT2D eigenvalue weighted by atomic mass is 10.1. The molecule has 0 N–H and O–H groups in total. The van der Waals surface area contributed by atoms with Gasteiger partial charge >= 0.3 is 6.03 Å². The molecule has 1 fully saturated rings. The number of amidine groups is 1. The van der Waals surface area contributed by atoms with Crippen LogP contribution in [0, 0.1) is 0 Å². The van der Waals surface area contributed by atoms with E-state index in [1.165, 1.54) is 4.90 Å². The SMILES string of the molecule is C[C@@H]1CN(C(=O)CN2C(=O)N3CCCN=C3c3ccc(Cl)cc32)C[C@@H](C)O1. The highest BCUT2D eigenvalue weighted by atomic mass is 35.5. The highest BCUT2D eigenvalue weighted by Crippen LogP contribution is 2.33. The first-order valence-electron chi connectivity index (χ1n) is 9.30. The number of urea groups is 1. The van der Waals surface area contributed by atoms with Gasteiger partial charge in [0.1, 0.15) is 12.4 Å². The van der Waals surface area contributed by atoms with E-state index < -0.39 is 0 Å². The van der Waals surface area contributed by atoms with Crippen molar-refractivity contribution in [3.8, 4) is 0 Å². The molecule has 3 aliphatic heterocycles. The van der Waals surface area contributed by atoms with Gasteiger partial charge in [0.25, 0.3) is 0 Å². The smallest absolute Gasteiger partial charge is 0.330 e. The van der Waals surface area contributed by atoms with Crippen molar-refractivity contribution in [2.45, 2.75) is 32.5 Å². The van der Waals surface area contributed by atoms with Crippen molar-refractivity contribution < 1.29 is 14.3 Å². The summed E-state index contributed by atoms with van der Waals surface area (Å²) in [4.78, 5) is 35.6. The van der Waals surface area contributed by atoms with Crippen LogP contribution in [-0.4, -0.2) is 72.5 Å². The number of hydrogen-bond acceptors (Lipinski definition) is 4. The van der Waals surface area contributed by atoms with Crippen LogP contribution in [0.2, 0.25) is 5.02 Å². The Balaban J connectivity index is 1.64. The molecule has 8 heteroatoms. The van der Waals surface area contributed by atoms with Crippen LogP contribution in [0.4, 0.5) is 10.5 Å². The number of amides is 3. The highest BCUT2D eigenvalue weighted by Gasteiger charge is 2.38. The lowest BCUT2D eigenvalue weighted by Gasteiger charge is -2.41. The Labute approximate surface area is 163 Å². The summed E-state index contributed by atoms with van der Waals surface area (Å²) in [6.45, 7) is 6.25. The summed E-state index contributed by atoms with van der Waals surface area (Å²) in [5.41, 5.74) is 1.49. The van der Waals surface area contributed by atoms with Gasteiger partial charge in [0.15, 0.2) is 0 Å². The quantitative estimate of drug-likeness (QED) is 0.778. The van der Waals surface area contributed by atoms with Crippen molar-refractivity contribution in [1.29, 1.82) is 0 Å². The predicted octanol–water partition coefficient (Wildman–Crippen LogP) is 2.37. The van der Waals surface area contributed by atoms with Gasteiger partial charge in [0.05, 0.1) is 17.9 Å². The second-order valence-corrected chi connectivity index (χ2v) is 7.73. The third-order valence-electron chi connectivity index (χ3n) is 5.08. The first-order valence-corrected chi connectivity index (χ1v) is 9.68. The van der Waals surface area contributed by atoms with Gasteiger partial charge in [-0.3, -0.25) is 19.6 Å². The number of ether oxygens (including phenoxy) is 1. The number of benzene rings is 1. The molecule has 27 heavy (non-hydrogen) atoms. The summed E-state index contributed by atoms with van der Waals surface area (Å²) in [5.74, 6) is 0.587. The third-order valence-corrected chi connectivity index (χ3v) is 5.31. The van der Waals surface area contributed by atoms with Crippen LogP contribution in [0.25, 0.3) is 0 Å². The van der Waals surface area contributed by atoms with E-state index >= 15 is 0 Å². The summed E-state index contributed by atoms with van der Waals surface area (Å²) in [7, 11) is 0. The van der Waals surface area contributed by atoms with Crippen LogP contribution >= 0.6 is 11.6 Å². The Kier molecular flexibility index (Phi) is 4.82. The standard InChI is InChI=1S/C19H23ClN4O3/c1-12-9-22(10-13(2)27-12)17(25)11-24-16-8-14(20)4-5-15(16)18-21-6-3-7-23(18)19(24)26/h4-5,8,12-13H,3,6-7,9-11H2,1-2H3/t12-,13-/m1/s1. The Hall–Kier alpha value is -2.12. The Morgan fingerprint density at radius 2 is 2.04 bits per heavy atom. The number of halogens is 1. The maximum absolute atomic E-state index is 13.1. The van der Waals surface area contributed by atoms with Crippen molar-refractivity contribution in [3.63, 3.8) is 0 Å². The number of carbonyl (C=O) groups excluding carboxylic acids is 2. The van der Waals surface area contributed by atoms with Gasteiger partial charge in [-0.15, -0.1) is 0 Å². The lowest BCUT2D eigenvalue weighted by molar-refractivity contribution is -0.141. The maximum Gasteiger partial charge on any atom is 0.330 e. The van der Waals surface area contributed by atoms with E-state index in [1.54, 1.807) is 21.9 Å². The number of fused-ring (bicyclic) bond motifs is 3. The molecule has 0 unspecified atom stereocenters. The highest BCUT2D eigenvalue weighted by molar-refractivity contribution is 6.31. The molecule has 3 amide bonds. The van der Waals surface area contributed by atoms with Crippen molar-refractivity contribution in [3.05, 3.63) is 28.8 Å². The van der Waals surface area contributed by atoms with E-state index in [2.05, 4.69) is 4.99 Å². The fraction of sp³-hybridized carbons (Fsp3) is 0.526. The first kappa shape index (κ1) is 18.3. The molecule has 0 aliphatic carbocycles. The average Bonchev–Trinajstić information content (AvgIpc) is 2.64. The Bertz CT molecular complexity index is 802. The molecule has 0 bridgehead atoms. The van der Waals surface area contributed by atoms with E-state index in [4.69, 9.17) is 16.3 Å². The van der Waals surface area contributed by atoms with Crippen molar-refractivity contribution in [1.82, 2.24) is 9.80 Å². The summed E-state index contributed by atoms with van der Waals surface area (Å²) in [5, 5.41) is 0.525. The van der Waals surface area contributed by atoms with Gasteiger partial charge in [-0.2, -0.15) is 0 Å². The zero-order valence-electron chi connectivity index (χ0n) is 15.5. The van der Waals surface area contributed by atoms with Crippen LogP contribution in [-0.2, 0) is 9.53 Å². The molecule has 1 aromatic carbocycles. The van der Waals surface area contributed by atoms with Crippen LogP contribution in [0.5, 0.6) is 0 Å². The molecule has 144 valence electrons. The number of morpholine rings is 1. The molecule has 0 spiro atoms. The van der Waals surface area contributed by atoms with Gasteiger partial charge in [-0.05, 0) is 38.5 Å². The average molecular weight is 391 g/mol. The summed E-state index contributed by atoms with van der Waals surface area (Å²) >= 11 is 6.18. The van der Waals surface area contributed by atoms with Crippen LogP contribution in [0.15, 0.2) is 23.2 Å². The first-order chi connectivity index (χ1) is 12.9. The normalized spacial score (nSPS) is 25.1. The molecule has 4 rings (SSSR count). The molecular weight excluding hydrogens is 368 g/mol. The zero-order valence-corrected chi connectivity index (χ0v) is 16.3. The minimum Gasteiger partial charge on any atom is -0.372 e. The fourth-order valence-electron chi connectivity index (χ4n) is 3.96. The molecular formula is C19H23ClN4O3. The minimum atomic E-state index is -0.217. The summed E-state index contributed by atoms with van der Waals surface area (Å²) in [6, 6.07) is 5.18. The van der Waals surface area contributed by atoms with E-state index in [9.17, 15) is 9.59 Å². The van der Waals surface area contributed by atoms with Gasteiger partial charge < -0.3 is 9.64 Å². The third kappa shape index (κ3) is 3.41. The zero-order chi connectivity index (χ0) is 19.1. The van der Waals surface area contributed by atoms with Gasteiger partial charge in [-0.1, -0.05) is 11.6 Å². The van der Waals surface area contributed by atoms with Crippen molar-refractivity contribution >= 4 is 35.1 Å². The molecule has 1 saturated heterocycles. The number of rotatable bonds is 2. The molecule has 3 aliphatic rings. The predicted molar refractivity (Wildman–Crippen MR) is 104 cm³/mol. The lowest BCUT2D eigenvalue weighted by Crippen LogP contribution is -2.57. The molecule has 3 heterocycles. The van der Waals surface area contributed by atoms with Crippen molar-refractivity contribution in [2.24, 2.45) is 4.99 Å². The fourth-order valence-corrected chi connectivity index (χ4v) is 4.12. The molecule has 7 nitrogen and oxygen atoms in total. The summed E-state index contributed by atoms with van der Waals surface area (Å²) in [6.07, 6.45) is 0.785. The molecule has 1 aromatic rings. The van der Waals surface area contributed by atoms with Crippen LogP contribution in [0.3, 0.4) is 0 Å². The molecule has 0 saturated carbocycles. The largest absolute Gasteiger partial charge is 0.372 e. The molecule has 0 aromatic heterocycles. The Morgan fingerprint density at radius 1 is 1.30 bits per heavy atom. The summed E-state index contributed by atoms with van der Waals surface area (Å²) < 4.78 is 5.70. The second-order valence-electron chi connectivity index (χ2n) is 7.30. The number of carbonyl (C=O) groups is 2. The van der Waals surface area contributed by atoms with E-state index in [0.717, 1.165) is 12.0 Å². The monoisotopic (exact) mass is 390 g/mol. The van der Waals surface area contributed by atoms with E-state index in [1.807, 2.05) is 19.9 Å². The van der Waals surface area contributed by atoms with Crippen molar-refractivity contribution in [2.75, 3.05) is 37.6 Å². The van der Waals surface area contributed by atoms with Crippen LogP contribution < -0.4 is 4.90 Å². The van der Waals surface area contributed by atoms with E-state index in [0.29, 0.717) is 42.7 Å². The maximum atomic E-state index is 13.1. The minimum absolute atomic E-state index is 0.0164. The molecule has 2 atom stereocenters. The number of aliphatic imine (C=N–C) groups is 1. The van der Waals surface area contributed by atoms with Gasteiger partial charge in [0, 0.05) is 36.8 Å². The topological polar surface area (TPSA) is 65.5 Å². The second kappa shape index (κ2) is 7.13. The number of nitrogens with zero attached hydrogens (tertiary/aromatic N) is 4. The number of anilines is 1. The molecule has 0 radical (unpaired) electrons. The van der Waals surface area contributed by atoms with Gasteiger partial charge in [0.2, 0.25) is 5.91 Å². The van der Waals surface area contributed by atoms with E-state index in [-0.39, 0.29) is 30.7 Å².